The van der Waals surface area contributed by atoms with Gasteiger partial charge in [0, 0.05) is 6.04 Å². The molecule has 106 valence electrons. The Bertz CT molecular complexity index is 435. The molecule has 1 amide bonds. The van der Waals surface area contributed by atoms with Gasteiger partial charge in [0.05, 0.1) is 10.7 Å². The van der Waals surface area contributed by atoms with Crippen LogP contribution in [0.5, 0.6) is 0 Å². The van der Waals surface area contributed by atoms with Gasteiger partial charge in [0.1, 0.15) is 11.9 Å². The zero-order chi connectivity index (χ0) is 14.4. The van der Waals surface area contributed by atoms with Gasteiger partial charge in [0.15, 0.2) is 0 Å². The van der Waals surface area contributed by atoms with Crippen LogP contribution in [0.25, 0.3) is 0 Å². The van der Waals surface area contributed by atoms with Crippen LogP contribution in [0.1, 0.15) is 33.6 Å². The second kappa shape index (κ2) is 7.34. The lowest BCUT2D eigenvalue weighted by atomic mass is 10.1. The van der Waals surface area contributed by atoms with Gasteiger partial charge in [-0.1, -0.05) is 25.4 Å². The first-order valence-corrected chi connectivity index (χ1v) is 6.87. The summed E-state index contributed by atoms with van der Waals surface area (Å²) in [6, 6.07) is 3.72. The van der Waals surface area contributed by atoms with Crippen molar-refractivity contribution in [2.45, 2.75) is 45.7 Å². The van der Waals surface area contributed by atoms with E-state index in [1.807, 2.05) is 13.8 Å². The molecule has 1 rings (SSSR count). The molecule has 0 saturated heterocycles. The van der Waals surface area contributed by atoms with Gasteiger partial charge in [-0.05, 0) is 38.0 Å². The van der Waals surface area contributed by atoms with Gasteiger partial charge in [-0.2, -0.15) is 0 Å². The molecule has 0 heterocycles. The summed E-state index contributed by atoms with van der Waals surface area (Å²) in [4.78, 5) is 12.0. The molecule has 0 spiro atoms. The molecule has 1 aromatic rings. The number of anilines is 1. The number of halogens is 2. The summed E-state index contributed by atoms with van der Waals surface area (Å²) in [6.07, 6.45) is 1.77. The van der Waals surface area contributed by atoms with Crippen LogP contribution in [-0.2, 0) is 4.79 Å². The summed E-state index contributed by atoms with van der Waals surface area (Å²) < 4.78 is 13.1. The Morgan fingerprint density at radius 2 is 2.00 bits per heavy atom. The highest BCUT2D eigenvalue weighted by Crippen LogP contribution is 2.23. The van der Waals surface area contributed by atoms with Crippen LogP contribution in [0.2, 0.25) is 5.02 Å². The number of benzene rings is 1. The molecule has 1 aromatic carbocycles. The summed E-state index contributed by atoms with van der Waals surface area (Å²) in [5.41, 5.74) is 0.425. The second-order valence-electron chi connectivity index (χ2n) is 4.51. The molecule has 19 heavy (non-hydrogen) atoms. The maximum atomic E-state index is 13.1. The maximum Gasteiger partial charge on any atom is 0.242 e. The fourth-order valence-electron chi connectivity index (χ4n) is 1.73. The molecule has 0 aliphatic rings. The van der Waals surface area contributed by atoms with Crippen molar-refractivity contribution in [2.24, 2.45) is 0 Å². The lowest BCUT2D eigenvalue weighted by Gasteiger charge is -2.20. The molecule has 0 aliphatic heterocycles. The fourth-order valence-corrected chi connectivity index (χ4v) is 1.90. The van der Waals surface area contributed by atoms with E-state index in [9.17, 15) is 9.18 Å². The van der Waals surface area contributed by atoms with Crippen molar-refractivity contribution in [2.75, 3.05) is 5.32 Å². The third-order valence-electron chi connectivity index (χ3n) is 3.03. The van der Waals surface area contributed by atoms with Crippen LogP contribution < -0.4 is 10.6 Å². The normalized spacial score (nSPS) is 12.3. The summed E-state index contributed by atoms with van der Waals surface area (Å²) >= 11 is 5.94. The third-order valence-corrected chi connectivity index (χ3v) is 3.36. The summed E-state index contributed by atoms with van der Waals surface area (Å²) in [7, 11) is 0. The first-order chi connectivity index (χ1) is 8.97. The maximum absolute atomic E-state index is 13.1. The molecule has 0 aromatic heterocycles. The Labute approximate surface area is 118 Å². The van der Waals surface area contributed by atoms with Crippen molar-refractivity contribution < 1.29 is 9.18 Å². The first kappa shape index (κ1) is 15.8. The van der Waals surface area contributed by atoms with E-state index in [0.29, 0.717) is 10.7 Å². The zero-order valence-corrected chi connectivity index (χ0v) is 12.2. The highest BCUT2D eigenvalue weighted by atomic mass is 35.5. The number of carbonyl (C=O) groups is 1. The van der Waals surface area contributed by atoms with E-state index >= 15 is 0 Å². The number of nitrogens with one attached hydrogen (secondary N) is 2. The van der Waals surface area contributed by atoms with E-state index in [4.69, 9.17) is 11.6 Å². The van der Waals surface area contributed by atoms with Crippen LogP contribution in [0.4, 0.5) is 10.1 Å². The van der Waals surface area contributed by atoms with Crippen LogP contribution in [-0.4, -0.2) is 18.0 Å². The average molecular weight is 287 g/mol. The third kappa shape index (κ3) is 4.71. The quantitative estimate of drug-likeness (QED) is 0.839. The standard InChI is InChI=1S/C14H20ClFN2O/c1-4-11(5-2)18-14(19)9(3)17-13-8-10(16)6-7-12(13)15/h6-9,11,17H,4-5H2,1-3H3,(H,18,19). The van der Waals surface area contributed by atoms with Gasteiger partial charge in [-0.15, -0.1) is 0 Å². The highest BCUT2D eigenvalue weighted by molar-refractivity contribution is 6.33. The van der Waals surface area contributed by atoms with Crippen molar-refractivity contribution in [1.29, 1.82) is 0 Å². The Morgan fingerprint density at radius 1 is 1.37 bits per heavy atom. The average Bonchev–Trinajstić information content (AvgIpc) is 2.39. The van der Waals surface area contributed by atoms with Crippen molar-refractivity contribution >= 4 is 23.2 Å². The fraction of sp³-hybridized carbons (Fsp3) is 0.500. The molecule has 0 fully saturated rings. The SMILES string of the molecule is CCC(CC)NC(=O)C(C)Nc1cc(F)ccc1Cl. The predicted molar refractivity (Wildman–Crippen MR) is 77.0 cm³/mol. The molecular formula is C14H20ClFN2O. The van der Waals surface area contributed by atoms with E-state index in [-0.39, 0.29) is 17.8 Å². The monoisotopic (exact) mass is 286 g/mol. The van der Waals surface area contributed by atoms with Crippen LogP contribution in [0, 0.1) is 5.82 Å². The van der Waals surface area contributed by atoms with Gasteiger partial charge in [-0.3, -0.25) is 4.79 Å². The number of rotatable bonds is 6. The molecule has 1 unspecified atom stereocenters. The highest BCUT2D eigenvalue weighted by Gasteiger charge is 2.16. The Morgan fingerprint density at radius 3 is 2.58 bits per heavy atom. The van der Waals surface area contributed by atoms with E-state index < -0.39 is 6.04 Å². The summed E-state index contributed by atoms with van der Waals surface area (Å²) in [5.74, 6) is -0.506. The molecular weight excluding hydrogens is 267 g/mol. The lowest BCUT2D eigenvalue weighted by Crippen LogP contribution is -2.42. The van der Waals surface area contributed by atoms with Crippen molar-refractivity contribution in [3.05, 3.63) is 29.0 Å². The Balaban J connectivity index is 2.65. The predicted octanol–water partition coefficient (Wildman–Crippen LogP) is 3.58. The molecule has 0 aliphatic carbocycles. The van der Waals surface area contributed by atoms with Gasteiger partial charge in [0.25, 0.3) is 0 Å². The lowest BCUT2D eigenvalue weighted by molar-refractivity contribution is -0.122. The summed E-state index contributed by atoms with van der Waals surface area (Å²) in [6.45, 7) is 5.77. The molecule has 1 atom stereocenters. The second-order valence-corrected chi connectivity index (χ2v) is 4.92. The van der Waals surface area contributed by atoms with Crippen molar-refractivity contribution in [3.63, 3.8) is 0 Å². The van der Waals surface area contributed by atoms with E-state index in [0.717, 1.165) is 12.8 Å². The number of carbonyl (C=O) groups excluding carboxylic acids is 1. The Kier molecular flexibility index (Phi) is 6.09. The number of hydrogen-bond donors (Lipinski definition) is 2. The minimum Gasteiger partial charge on any atom is -0.373 e. The van der Waals surface area contributed by atoms with Gasteiger partial charge in [-0.25, -0.2) is 4.39 Å². The molecule has 0 bridgehead atoms. The molecule has 0 radical (unpaired) electrons. The minimum absolute atomic E-state index is 0.117. The minimum atomic E-state index is -0.472. The van der Waals surface area contributed by atoms with Crippen LogP contribution in [0.3, 0.4) is 0 Å². The number of amides is 1. The smallest absolute Gasteiger partial charge is 0.242 e. The largest absolute Gasteiger partial charge is 0.373 e. The van der Waals surface area contributed by atoms with Gasteiger partial charge < -0.3 is 10.6 Å². The van der Waals surface area contributed by atoms with Crippen molar-refractivity contribution in [1.82, 2.24) is 5.32 Å². The summed E-state index contributed by atoms with van der Waals surface area (Å²) in [5, 5.41) is 6.24. The molecule has 5 heteroatoms. The molecule has 2 N–H and O–H groups in total. The van der Waals surface area contributed by atoms with E-state index in [2.05, 4.69) is 10.6 Å². The molecule has 0 saturated carbocycles. The Hall–Kier alpha value is -1.29. The van der Waals surface area contributed by atoms with E-state index in [1.165, 1.54) is 18.2 Å². The van der Waals surface area contributed by atoms with Crippen LogP contribution in [0.15, 0.2) is 18.2 Å². The zero-order valence-electron chi connectivity index (χ0n) is 11.5. The topological polar surface area (TPSA) is 41.1 Å². The van der Waals surface area contributed by atoms with Gasteiger partial charge in [0.2, 0.25) is 5.91 Å². The molecule has 3 nitrogen and oxygen atoms in total. The van der Waals surface area contributed by atoms with Crippen LogP contribution >= 0.6 is 11.6 Å². The van der Waals surface area contributed by atoms with Gasteiger partial charge >= 0.3 is 0 Å². The van der Waals surface area contributed by atoms with E-state index in [1.54, 1.807) is 6.92 Å². The number of hydrogen-bond acceptors (Lipinski definition) is 2. The van der Waals surface area contributed by atoms with Crippen molar-refractivity contribution in [3.8, 4) is 0 Å². The first-order valence-electron chi connectivity index (χ1n) is 6.49.